The fourth-order valence-corrected chi connectivity index (χ4v) is 2.58. The first-order chi connectivity index (χ1) is 9.75. The van der Waals surface area contributed by atoms with Crippen molar-refractivity contribution < 1.29 is 4.79 Å². The Kier molecular flexibility index (Phi) is 9.24. The highest BCUT2D eigenvalue weighted by Gasteiger charge is 2.20. The Morgan fingerprint density at radius 2 is 1.86 bits per heavy atom. The summed E-state index contributed by atoms with van der Waals surface area (Å²) in [6.45, 7) is 6.65. The number of rotatable bonds is 7. The van der Waals surface area contributed by atoms with Crippen LogP contribution >= 0.6 is 28.3 Å². The van der Waals surface area contributed by atoms with Crippen LogP contribution in [-0.2, 0) is 11.3 Å². The molecule has 0 unspecified atom stereocenters. The predicted molar refractivity (Wildman–Crippen MR) is 98.2 cm³/mol. The van der Waals surface area contributed by atoms with Gasteiger partial charge < -0.3 is 10.6 Å². The second kappa shape index (κ2) is 9.50. The summed E-state index contributed by atoms with van der Waals surface area (Å²) in [5.41, 5.74) is 6.87. The van der Waals surface area contributed by atoms with E-state index in [0.717, 1.165) is 16.6 Å². The van der Waals surface area contributed by atoms with Gasteiger partial charge in [-0.05, 0) is 30.6 Å². The van der Waals surface area contributed by atoms with Crippen molar-refractivity contribution in [1.82, 2.24) is 9.80 Å². The van der Waals surface area contributed by atoms with Crippen LogP contribution in [0, 0.1) is 5.41 Å². The average molecular weight is 393 g/mol. The molecule has 22 heavy (non-hydrogen) atoms. The SMILES string of the molecule is CN(CC(=O)N(C)Cc1ccccc1Br)CC(C)(C)CN.Cl. The highest BCUT2D eigenvalue weighted by Crippen LogP contribution is 2.18. The number of likely N-dealkylation sites (N-methyl/N-ethyl adjacent to an activating group) is 2. The predicted octanol–water partition coefficient (Wildman–Crippen LogP) is 2.75. The molecule has 0 spiro atoms. The molecule has 0 aliphatic heterocycles. The molecule has 0 radical (unpaired) electrons. The van der Waals surface area contributed by atoms with Gasteiger partial charge >= 0.3 is 0 Å². The third-order valence-corrected chi connectivity index (χ3v) is 4.22. The maximum atomic E-state index is 12.3. The van der Waals surface area contributed by atoms with Gasteiger partial charge in [0.15, 0.2) is 0 Å². The lowest BCUT2D eigenvalue weighted by Gasteiger charge is -2.29. The van der Waals surface area contributed by atoms with Crippen molar-refractivity contribution in [3.05, 3.63) is 34.3 Å². The molecule has 1 amide bonds. The molecule has 0 aliphatic rings. The normalized spacial score (nSPS) is 11.2. The van der Waals surface area contributed by atoms with Crippen LogP contribution in [0.3, 0.4) is 0 Å². The van der Waals surface area contributed by atoms with E-state index < -0.39 is 0 Å². The van der Waals surface area contributed by atoms with Gasteiger partial charge in [0, 0.05) is 24.6 Å². The Balaban J connectivity index is 0.00000441. The molecule has 0 saturated carbocycles. The van der Waals surface area contributed by atoms with E-state index in [2.05, 4.69) is 29.8 Å². The summed E-state index contributed by atoms with van der Waals surface area (Å²) in [5, 5.41) is 0. The minimum Gasteiger partial charge on any atom is -0.340 e. The van der Waals surface area contributed by atoms with Gasteiger partial charge in [-0.25, -0.2) is 0 Å². The van der Waals surface area contributed by atoms with Gasteiger partial charge in [0.2, 0.25) is 5.91 Å². The molecule has 0 heterocycles. The molecule has 4 nitrogen and oxygen atoms in total. The fraction of sp³-hybridized carbons (Fsp3) is 0.562. The van der Waals surface area contributed by atoms with E-state index >= 15 is 0 Å². The van der Waals surface area contributed by atoms with Crippen LogP contribution in [-0.4, -0.2) is 49.4 Å². The summed E-state index contributed by atoms with van der Waals surface area (Å²) in [4.78, 5) is 16.1. The molecule has 2 N–H and O–H groups in total. The van der Waals surface area contributed by atoms with Crippen LogP contribution < -0.4 is 5.73 Å². The van der Waals surface area contributed by atoms with Gasteiger partial charge in [-0.2, -0.15) is 0 Å². The van der Waals surface area contributed by atoms with E-state index in [-0.39, 0.29) is 23.7 Å². The Hall–Kier alpha value is -0.620. The first-order valence-corrected chi connectivity index (χ1v) is 7.90. The van der Waals surface area contributed by atoms with E-state index in [0.29, 0.717) is 19.6 Å². The number of hydrogen-bond donors (Lipinski definition) is 1. The quantitative estimate of drug-likeness (QED) is 0.776. The van der Waals surface area contributed by atoms with Crippen LogP contribution in [0.1, 0.15) is 19.4 Å². The summed E-state index contributed by atoms with van der Waals surface area (Å²) in [6, 6.07) is 7.96. The van der Waals surface area contributed by atoms with Gasteiger partial charge in [-0.3, -0.25) is 9.69 Å². The smallest absolute Gasteiger partial charge is 0.236 e. The highest BCUT2D eigenvalue weighted by atomic mass is 79.9. The summed E-state index contributed by atoms with van der Waals surface area (Å²) in [6.07, 6.45) is 0. The number of benzene rings is 1. The van der Waals surface area contributed by atoms with E-state index in [4.69, 9.17) is 5.73 Å². The van der Waals surface area contributed by atoms with Crippen molar-refractivity contribution in [3.8, 4) is 0 Å². The number of amides is 1. The Labute approximate surface area is 148 Å². The monoisotopic (exact) mass is 391 g/mol. The number of carbonyl (C=O) groups excluding carboxylic acids is 1. The number of nitrogens with two attached hydrogens (primary N) is 1. The van der Waals surface area contributed by atoms with E-state index in [1.165, 1.54) is 0 Å². The topological polar surface area (TPSA) is 49.6 Å². The standard InChI is InChI=1S/C16H26BrN3O.ClH/c1-16(2,11-18)12-19(3)10-15(21)20(4)9-13-7-5-6-8-14(13)17;/h5-8H,9-12,18H2,1-4H3;1H. The maximum absolute atomic E-state index is 12.3. The first kappa shape index (κ1) is 21.4. The van der Waals surface area contributed by atoms with Crippen molar-refractivity contribution in [2.75, 3.05) is 33.7 Å². The van der Waals surface area contributed by atoms with Crippen molar-refractivity contribution in [2.45, 2.75) is 20.4 Å². The maximum Gasteiger partial charge on any atom is 0.236 e. The molecule has 0 atom stereocenters. The number of carbonyl (C=O) groups is 1. The Morgan fingerprint density at radius 1 is 1.27 bits per heavy atom. The Morgan fingerprint density at radius 3 is 2.41 bits per heavy atom. The van der Waals surface area contributed by atoms with Crippen molar-refractivity contribution >= 4 is 34.2 Å². The zero-order valence-corrected chi connectivity index (χ0v) is 16.2. The molecule has 0 aliphatic carbocycles. The van der Waals surface area contributed by atoms with Gasteiger partial charge in [0.1, 0.15) is 0 Å². The van der Waals surface area contributed by atoms with Gasteiger partial charge in [0.25, 0.3) is 0 Å². The van der Waals surface area contributed by atoms with Gasteiger partial charge in [-0.15, -0.1) is 12.4 Å². The van der Waals surface area contributed by atoms with E-state index in [1.807, 2.05) is 43.3 Å². The average Bonchev–Trinajstić information content (AvgIpc) is 2.40. The fourth-order valence-electron chi connectivity index (χ4n) is 2.17. The molecule has 0 bridgehead atoms. The Bertz CT molecular complexity index is 482. The lowest BCUT2D eigenvalue weighted by atomic mass is 9.93. The molecule has 1 aromatic rings. The van der Waals surface area contributed by atoms with Crippen molar-refractivity contribution in [2.24, 2.45) is 11.1 Å². The highest BCUT2D eigenvalue weighted by molar-refractivity contribution is 9.10. The second-order valence-electron chi connectivity index (χ2n) is 6.38. The third kappa shape index (κ3) is 7.09. The molecule has 6 heteroatoms. The van der Waals surface area contributed by atoms with Crippen LogP contribution in [0.15, 0.2) is 28.7 Å². The lowest BCUT2D eigenvalue weighted by molar-refractivity contribution is -0.131. The molecule has 1 aromatic carbocycles. The lowest BCUT2D eigenvalue weighted by Crippen LogP contribution is -2.42. The van der Waals surface area contributed by atoms with Crippen LogP contribution in [0.25, 0.3) is 0 Å². The molecular weight excluding hydrogens is 366 g/mol. The minimum absolute atomic E-state index is 0. The molecule has 0 saturated heterocycles. The number of hydrogen-bond acceptors (Lipinski definition) is 3. The first-order valence-electron chi connectivity index (χ1n) is 7.11. The zero-order valence-electron chi connectivity index (χ0n) is 13.8. The number of halogens is 2. The molecule has 1 rings (SSSR count). The molecule has 0 aromatic heterocycles. The third-order valence-electron chi connectivity index (χ3n) is 3.45. The molecular formula is C16H27BrClN3O. The molecule has 0 fully saturated rings. The van der Waals surface area contributed by atoms with Crippen LogP contribution in [0.5, 0.6) is 0 Å². The van der Waals surface area contributed by atoms with Crippen LogP contribution in [0.4, 0.5) is 0 Å². The van der Waals surface area contributed by atoms with E-state index in [1.54, 1.807) is 4.90 Å². The van der Waals surface area contributed by atoms with Crippen molar-refractivity contribution in [3.63, 3.8) is 0 Å². The minimum atomic E-state index is 0. The van der Waals surface area contributed by atoms with Crippen molar-refractivity contribution in [1.29, 1.82) is 0 Å². The summed E-state index contributed by atoms with van der Waals surface area (Å²) in [7, 11) is 3.80. The molecule has 126 valence electrons. The van der Waals surface area contributed by atoms with E-state index in [9.17, 15) is 4.79 Å². The summed E-state index contributed by atoms with van der Waals surface area (Å²) in [5.74, 6) is 0.112. The summed E-state index contributed by atoms with van der Waals surface area (Å²) < 4.78 is 1.03. The zero-order chi connectivity index (χ0) is 16.0. The summed E-state index contributed by atoms with van der Waals surface area (Å²) >= 11 is 3.51. The van der Waals surface area contributed by atoms with Gasteiger partial charge in [-0.1, -0.05) is 48.0 Å². The number of nitrogens with zero attached hydrogens (tertiary/aromatic N) is 2. The van der Waals surface area contributed by atoms with Gasteiger partial charge in [0.05, 0.1) is 6.54 Å². The largest absolute Gasteiger partial charge is 0.340 e. The van der Waals surface area contributed by atoms with Crippen LogP contribution in [0.2, 0.25) is 0 Å². The second-order valence-corrected chi connectivity index (χ2v) is 7.24.